The van der Waals surface area contributed by atoms with Crippen molar-refractivity contribution in [1.82, 2.24) is 10.6 Å². The molecule has 1 aliphatic rings. The van der Waals surface area contributed by atoms with Crippen molar-refractivity contribution < 1.29 is 9.59 Å². The Morgan fingerprint density at radius 1 is 1.19 bits per heavy atom. The van der Waals surface area contributed by atoms with E-state index in [9.17, 15) is 9.59 Å². The first-order valence-electron chi connectivity index (χ1n) is 9.21. The lowest BCUT2D eigenvalue weighted by Crippen LogP contribution is -2.42. The topological polar surface area (TPSA) is 82.1 Å². The van der Waals surface area contributed by atoms with E-state index >= 15 is 0 Å². The first kappa shape index (κ1) is 21.9. The van der Waals surface area contributed by atoms with Crippen molar-refractivity contribution in [2.45, 2.75) is 66.7 Å². The molecule has 5 nitrogen and oxygen atoms in total. The third-order valence-electron chi connectivity index (χ3n) is 4.88. The molecule has 0 radical (unpaired) electrons. The molecule has 26 heavy (non-hydrogen) atoms. The van der Waals surface area contributed by atoms with E-state index in [1.165, 1.54) is 30.6 Å². The molecule has 0 aromatic rings. The molecule has 1 rings (SSSR count). The number of guanidine groups is 1. The number of hydrogen-bond acceptors (Lipinski definition) is 3. The maximum Gasteiger partial charge on any atom is 0.250 e. The van der Waals surface area contributed by atoms with Crippen LogP contribution in [0.2, 0.25) is 0 Å². The second kappa shape index (κ2) is 9.51. The Hall–Kier alpha value is -2.17. The molecule has 0 aliphatic heterocycles. The van der Waals surface area contributed by atoms with E-state index in [0.29, 0.717) is 5.92 Å². The monoisotopic (exact) mass is 359 g/mol. The van der Waals surface area contributed by atoms with Gasteiger partial charge in [0.1, 0.15) is 0 Å². The normalized spacial score (nSPS) is 19.5. The minimum absolute atomic E-state index is 0.259. The molecule has 0 spiro atoms. The van der Waals surface area contributed by atoms with E-state index in [2.05, 4.69) is 31.1 Å². The SMILES string of the molecule is C=C1CCCC(C)(C)[C@@H]1CCC(C)=CC(=O)NC(=N)NC(=O)C=C(C)C. The summed E-state index contributed by atoms with van der Waals surface area (Å²) < 4.78 is 0. The van der Waals surface area contributed by atoms with Gasteiger partial charge in [0, 0.05) is 12.2 Å². The van der Waals surface area contributed by atoms with Crippen LogP contribution in [0.25, 0.3) is 0 Å². The molecule has 144 valence electrons. The number of nitrogens with one attached hydrogen (secondary N) is 3. The van der Waals surface area contributed by atoms with E-state index in [1.807, 2.05) is 6.92 Å². The Kier molecular flexibility index (Phi) is 8.00. The third-order valence-corrected chi connectivity index (χ3v) is 4.88. The summed E-state index contributed by atoms with van der Waals surface area (Å²) >= 11 is 0. The lowest BCUT2D eigenvalue weighted by Gasteiger charge is -2.40. The third kappa shape index (κ3) is 7.38. The Morgan fingerprint density at radius 2 is 1.77 bits per heavy atom. The second-order valence-electron chi connectivity index (χ2n) is 8.16. The highest BCUT2D eigenvalue weighted by Gasteiger charge is 2.33. The first-order valence-corrected chi connectivity index (χ1v) is 9.21. The Morgan fingerprint density at radius 3 is 2.31 bits per heavy atom. The molecule has 0 aromatic carbocycles. The van der Waals surface area contributed by atoms with Crippen LogP contribution < -0.4 is 10.6 Å². The van der Waals surface area contributed by atoms with Crippen molar-refractivity contribution in [2.75, 3.05) is 0 Å². The summed E-state index contributed by atoms with van der Waals surface area (Å²) in [4.78, 5) is 23.5. The van der Waals surface area contributed by atoms with E-state index in [1.54, 1.807) is 13.8 Å². The molecule has 0 bridgehead atoms. The largest absolute Gasteiger partial charge is 0.293 e. The van der Waals surface area contributed by atoms with Gasteiger partial charge in [-0.1, -0.05) is 37.1 Å². The molecule has 0 heterocycles. The van der Waals surface area contributed by atoms with Gasteiger partial charge >= 0.3 is 0 Å². The van der Waals surface area contributed by atoms with Crippen LogP contribution in [-0.4, -0.2) is 17.8 Å². The molecule has 1 aliphatic carbocycles. The lowest BCUT2D eigenvalue weighted by molar-refractivity contribution is -0.115. The second-order valence-corrected chi connectivity index (χ2v) is 8.16. The van der Waals surface area contributed by atoms with Gasteiger partial charge in [0.15, 0.2) is 0 Å². The highest BCUT2D eigenvalue weighted by atomic mass is 16.2. The number of carbonyl (C=O) groups is 2. The molecule has 0 aromatic heterocycles. The molecule has 2 amide bonds. The number of hydrogen-bond donors (Lipinski definition) is 3. The summed E-state index contributed by atoms with van der Waals surface area (Å²) in [6.07, 6.45) is 8.19. The van der Waals surface area contributed by atoms with Gasteiger partial charge in [0.05, 0.1) is 0 Å². The van der Waals surface area contributed by atoms with Crippen molar-refractivity contribution in [1.29, 1.82) is 5.41 Å². The number of allylic oxidation sites excluding steroid dienone is 3. The average Bonchev–Trinajstić information content (AvgIpc) is 2.44. The van der Waals surface area contributed by atoms with Gasteiger partial charge in [-0.25, -0.2) is 0 Å². The highest BCUT2D eigenvalue weighted by Crippen LogP contribution is 2.45. The van der Waals surface area contributed by atoms with Crippen molar-refractivity contribution >= 4 is 17.8 Å². The van der Waals surface area contributed by atoms with E-state index in [-0.39, 0.29) is 11.4 Å². The van der Waals surface area contributed by atoms with Crippen molar-refractivity contribution in [3.63, 3.8) is 0 Å². The van der Waals surface area contributed by atoms with Gasteiger partial charge in [-0.05, 0) is 64.2 Å². The first-order chi connectivity index (χ1) is 12.0. The van der Waals surface area contributed by atoms with Crippen LogP contribution in [-0.2, 0) is 9.59 Å². The van der Waals surface area contributed by atoms with Crippen molar-refractivity contribution in [2.24, 2.45) is 11.3 Å². The summed E-state index contributed by atoms with van der Waals surface area (Å²) in [7, 11) is 0. The van der Waals surface area contributed by atoms with Gasteiger partial charge in [-0.2, -0.15) is 0 Å². The van der Waals surface area contributed by atoms with Gasteiger partial charge in [-0.3, -0.25) is 25.6 Å². The molecule has 0 unspecified atom stereocenters. The molecular formula is C21H33N3O2. The van der Waals surface area contributed by atoms with Crippen LogP contribution in [0.5, 0.6) is 0 Å². The number of amides is 2. The van der Waals surface area contributed by atoms with Crippen LogP contribution in [0.15, 0.2) is 35.5 Å². The molecule has 3 N–H and O–H groups in total. The summed E-state index contributed by atoms with van der Waals surface area (Å²) in [5.74, 6) is -0.659. The van der Waals surface area contributed by atoms with Crippen molar-refractivity contribution in [3.05, 3.63) is 35.5 Å². The Bertz CT molecular complexity index is 638. The van der Waals surface area contributed by atoms with Crippen LogP contribution in [0.4, 0.5) is 0 Å². The summed E-state index contributed by atoms with van der Waals surface area (Å²) in [5, 5.41) is 12.3. The molecule has 1 fully saturated rings. The minimum Gasteiger partial charge on any atom is -0.293 e. The van der Waals surface area contributed by atoms with Crippen molar-refractivity contribution in [3.8, 4) is 0 Å². The highest BCUT2D eigenvalue weighted by molar-refractivity contribution is 6.08. The van der Waals surface area contributed by atoms with Crippen LogP contribution in [0.3, 0.4) is 0 Å². The van der Waals surface area contributed by atoms with Crippen LogP contribution >= 0.6 is 0 Å². The smallest absolute Gasteiger partial charge is 0.250 e. The zero-order chi connectivity index (χ0) is 19.9. The maximum absolute atomic E-state index is 12.0. The Balaban J connectivity index is 2.52. The number of carbonyl (C=O) groups excluding carboxylic acids is 2. The van der Waals surface area contributed by atoms with Crippen LogP contribution in [0.1, 0.15) is 66.7 Å². The molecule has 1 atom stereocenters. The molecule has 0 saturated heterocycles. The minimum atomic E-state index is -0.422. The quantitative estimate of drug-likeness (QED) is 0.297. The van der Waals surface area contributed by atoms with Gasteiger partial charge in [0.25, 0.3) is 11.8 Å². The standard InChI is InChI=1S/C21H33N3O2/c1-14(2)12-18(25)23-20(22)24-19(26)13-15(3)9-10-17-16(4)8-7-11-21(17,5)6/h12-13,17H,4,7-11H2,1-3,5-6H3,(H3,22,23,24,25,26)/t17-/m1/s1. The molecule has 5 heteroatoms. The summed E-state index contributed by atoms with van der Waals surface area (Å²) in [6.45, 7) is 14.3. The van der Waals surface area contributed by atoms with Gasteiger partial charge in [-0.15, -0.1) is 0 Å². The molecular weight excluding hydrogens is 326 g/mol. The molecule has 1 saturated carbocycles. The predicted molar refractivity (Wildman–Crippen MR) is 107 cm³/mol. The predicted octanol–water partition coefficient (Wildman–Crippen LogP) is 4.23. The zero-order valence-electron chi connectivity index (χ0n) is 16.8. The van der Waals surface area contributed by atoms with Crippen LogP contribution in [0, 0.1) is 16.7 Å². The fourth-order valence-corrected chi connectivity index (χ4v) is 3.55. The average molecular weight is 360 g/mol. The number of rotatable bonds is 5. The summed E-state index contributed by atoms with van der Waals surface area (Å²) in [5.41, 5.74) is 3.36. The zero-order valence-corrected chi connectivity index (χ0v) is 16.8. The fourth-order valence-electron chi connectivity index (χ4n) is 3.55. The maximum atomic E-state index is 12.0. The Labute approximate surface area is 157 Å². The van der Waals surface area contributed by atoms with E-state index < -0.39 is 11.8 Å². The fraction of sp³-hybridized carbons (Fsp3) is 0.571. The summed E-state index contributed by atoms with van der Waals surface area (Å²) in [6, 6.07) is 0. The van der Waals surface area contributed by atoms with Gasteiger partial charge in [0.2, 0.25) is 5.96 Å². The van der Waals surface area contributed by atoms with E-state index in [0.717, 1.165) is 30.4 Å². The van der Waals surface area contributed by atoms with E-state index in [4.69, 9.17) is 5.41 Å². The lowest BCUT2D eigenvalue weighted by atomic mass is 9.65. The van der Waals surface area contributed by atoms with Gasteiger partial charge < -0.3 is 0 Å².